The molecule has 0 saturated heterocycles. The van der Waals surface area contributed by atoms with Gasteiger partial charge >= 0.3 is 0 Å². The lowest BCUT2D eigenvalue weighted by Crippen LogP contribution is -2.19. The Balaban J connectivity index is 1.17. The van der Waals surface area contributed by atoms with Gasteiger partial charge in [0.2, 0.25) is 0 Å². The van der Waals surface area contributed by atoms with Crippen molar-refractivity contribution in [1.29, 1.82) is 5.41 Å². The number of nitrogens with zero attached hydrogens (tertiary/aromatic N) is 4. The molecular weight excluding hydrogens is 609 g/mol. The van der Waals surface area contributed by atoms with Crippen molar-refractivity contribution in [2.75, 3.05) is 5.43 Å². The minimum absolute atomic E-state index is 0.354. The summed E-state index contributed by atoms with van der Waals surface area (Å²) in [5.74, 6) is 1.85. The highest BCUT2D eigenvalue weighted by molar-refractivity contribution is 7.25. The van der Waals surface area contributed by atoms with Crippen molar-refractivity contribution in [2.45, 2.75) is 0 Å². The lowest BCUT2D eigenvalue weighted by atomic mass is 9.89. The molecule has 0 radical (unpaired) electrons. The number of hydrogen-bond donors (Lipinski definition) is 2. The lowest BCUT2D eigenvalue weighted by molar-refractivity contribution is 1.08. The highest BCUT2D eigenvalue weighted by atomic mass is 32.1. The predicted molar refractivity (Wildman–Crippen MR) is 200 cm³/mol. The van der Waals surface area contributed by atoms with E-state index in [4.69, 9.17) is 25.5 Å². The van der Waals surface area contributed by atoms with Crippen LogP contribution >= 0.6 is 11.3 Å². The zero-order valence-electron chi connectivity index (χ0n) is 25.6. The molecule has 9 rings (SSSR count). The predicted octanol–water partition coefficient (Wildman–Crippen LogP) is 10.3. The van der Waals surface area contributed by atoms with Gasteiger partial charge in [-0.25, -0.2) is 15.0 Å². The molecule has 0 saturated carbocycles. The van der Waals surface area contributed by atoms with Crippen LogP contribution in [0.25, 0.3) is 71.2 Å². The van der Waals surface area contributed by atoms with Gasteiger partial charge in [0.25, 0.3) is 0 Å². The Morgan fingerprint density at radius 1 is 0.542 bits per heavy atom. The second-order valence-electron chi connectivity index (χ2n) is 11.6. The summed E-state index contributed by atoms with van der Waals surface area (Å²) in [6, 6.07) is 45.2. The number of hydrogen-bond acceptors (Lipinski definition) is 7. The second kappa shape index (κ2) is 11.5. The van der Waals surface area contributed by atoms with Crippen LogP contribution in [-0.4, -0.2) is 26.4 Å². The third-order valence-electron chi connectivity index (χ3n) is 8.61. The van der Waals surface area contributed by atoms with Gasteiger partial charge < -0.3 is 0 Å². The van der Waals surface area contributed by atoms with Gasteiger partial charge in [0.1, 0.15) is 5.71 Å². The van der Waals surface area contributed by atoms with Crippen LogP contribution in [-0.2, 0) is 0 Å². The summed E-state index contributed by atoms with van der Waals surface area (Å²) >= 11 is 1.78. The zero-order valence-corrected chi connectivity index (χ0v) is 26.4. The van der Waals surface area contributed by atoms with Gasteiger partial charge in [0.15, 0.2) is 17.5 Å². The molecule has 0 aliphatic heterocycles. The van der Waals surface area contributed by atoms with Crippen LogP contribution in [0.1, 0.15) is 11.1 Å². The van der Waals surface area contributed by atoms with Crippen molar-refractivity contribution in [2.24, 2.45) is 5.10 Å². The minimum Gasteiger partial charge on any atom is -0.299 e. The van der Waals surface area contributed by atoms with Gasteiger partial charge in [-0.05, 0) is 52.7 Å². The van der Waals surface area contributed by atoms with Crippen molar-refractivity contribution >= 4 is 65.5 Å². The highest BCUT2D eigenvalue weighted by Gasteiger charge is 2.21. The molecular formula is C41H26N6S. The van der Waals surface area contributed by atoms with E-state index in [1.165, 1.54) is 20.2 Å². The Hall–Kier alpha value is -6.31. The molecule has 6 nitrogen and oxygen atoms in total. The summed E-state index contributed by atoms with van der Waals surface area (Å²) in [6.07, 6.45) is 3.77. The normalized spacial score (nSPS) is 13.4. The molecule has 0 atom stereocenters. The molecule has 0 unspecified atom stereocenters. The van der Waals surface area contributed by atoms with E-state index >= 15 is 0 Å². The van der Waals surface area contributed by atoms with Gasteiger partial charge in [-0.2, -0.15) is 5.10 Å². The molecule has 1 aliphatic rings. The SMILES string of the molecule is N=C1C=Cc2ccc3cc(-c4nc(-c5ccccc5)nc(-c5ccc6c(c5)sc5ccccc56)n4)ccc3c2/C1=N/Nc1ccccc1. The number of aromatic nitrogens is 3. The largest absolute Gasteiger partial charge is 0.299 e. The van der Waals surface area contributed by atoms with Crippen molar-refractivity contribution < 1.29 is 0 Å². The first-order chi connectivity index (χ1) is 23.7. The van der Waals surface area contributed by atoms with Gasteiger partial charge in [-0.15, -0.1) is 11.3 Å². The highest BCUT2D eigenvalue weighted by Crippen LogP contribution is 2.37. The van der Waals surface area contributed by atoms with Crippen molar-refractivity contribution in [3.8, 4) is 34.2 Å². The quantitative estimate of drug-likeness (QED) is 0.185. The average Bonchev–Trinajstić information content (AvgIpc) is 3.52. The Morgan fingerprint density at radius 2 is 1.19 bits per heavy atom. The van der Waals surface area contributed by atoms with Crippen LogP contribution in [0.15, 0.2) is 145 Å². The molecule has 0 amide bonds. The number of nitrogens with one attached hydrogen (secondary N) is 2. The number of anilines is 1. The lowest BCUT2D eigenvalue weighted by Gasteiger charge is -2.17. The zero-order chi connectivity index (χ0) is 32.0. The standard InChI is InChI=1S/C41H26N6S/c42-34-22-19-25-15-16-27-23-28(17-20-31(27)37(25)38(34)47-46-30-11-5-2-6-12-30)40-43-39(26-9-3-1-4-10-26)44-41(45-40)29-18-21-33-32-13-7-8-14-35(32)48-36(33)24-29/h1-24,42,46H/b42-34?,47-38+. The third-order valence-corrected chi connectivity index (χ3v) is 9.74. The second-order valence-corrected chi connectivity index (χ2v) is 12.7. The van der Waals surface area contributed by atoms with Crippen LogP contribution in [0.2, 0.25) is 0 Å². The summed E-state index contributed by atoms with van der Waals surface area (Å²) in [5.41, 5.74) is 9.65. The van der Waals surface area contributed by atoms with E-state index in [9.17, 15) is 0 Å². The van der Waals surface area contributed by atoms with E-state index in [2.05, 4.69) is 78.2 Å². The summed E-state index contributed by atoms with van der Waals surface area (Å²) in [6.45, 7) is 0. The minimum atomic E-state index is 0.354. The molecule has 226 valence electrons. The Morgan fingerprint density at radius 3 is 1.98 bits per heavy atom. The Kier molecular flexibility index (Phi) is 6.69. The van der Waals surface area contributed by atoms with E-state index < -0.39 is 0 Å². The number of para-hydroxylation sites is 1. The Labute approximate surface area is 280 Å². The van der Waals surface area contributed by atoms with E-state index in [1.54, 1.807) is 17.4 Å². The van der Waals surface area contributed by atoms with E-state index in [0.717, 1.165) is 44.3 Å². The molecule has 0 spiro atoms. The topological polar surface area (TPSA) is 86.9 Å². The first kappa shape index (κ1) is 28.0. The molecule has 0 fully saturated rings. The van der Waals surface area contributed by atoms with Gasteiger partial charge in [0.05, 0.1) is 11.4 Å². The molecule has 8 aromatic rings. The van der Waals surface area contributed by atoms with Crippen LogP contribution in [0, 0.1) is 5.41 Å². The molecule has 7 heteroatoms. The molecule has 0 bridgehead atoms. The van der Waals surface area contributed by atoms with Crippen LogP contribution in [0.3, 0.4) is 0 Å². The van der Waals surface area contributed by atoms with Gasteiger partial charge in [0, 0.05) is 42.4 Å². The average molecular weight is 635 g/mol. The summed E-state index contributed by atoms with van der Waals surface area (Å²) < 4.78 is 2.46. The summed E-state index contributed by atoms with van der Waals surface area (Å²) in [7, 11) is 0. The fourth-order valence-corrected chi connectivity index (χ4v) is 7.39. The van der Waals surface area contributed by atoms with E-state index in [-0.39, 0.29) is 0 Å². The van der Waals surface area contributed by atoms with Crippen molar-refractivity contribution in [3.05, 3.63) is 151 Å². The fourth-order valence-electron chi connectivity index (χ4n) is 6.24. The summed E-state index contributed by atoms with van der Waals surface area (Å²) in [4.78, 5) is 15.0. The van der Waals surface area contributed by atoms with Gasteiger partial charge in [-0.1, -0.05) is 109 Å². The molecule has 2 N–H and O–H groups in total. The molecule has 2 heterocycles. The number of hydrazone groups is 1. The maximum Gasteiger partial charge on any atom is 0.164 e. The molecule has 48 heavy (non-hydrogen) atoms. The van der Waals surface area contributed by atoms with Crippen molar-refractivity contribution in [3.63, 3.8) is 0 Å². The maximum atomic E-state index is 8.70. The molecule has 6 aromatic carbocycles. The Bertz CT molecular complexity index is 2600. The number of rotatable bonds is 5. The molecule has 2 aromatic heterocycles. The number of fused-ring (bicyclic) bond motifs is 6. The number of benzene rings is 6. The van der Waals surface area contributed by atoms with Crippen LogP contribution in [0.4, 0.5) is 5.69 Å². The summed E-state index contributed by atoms with van der Waals surface area (Å²) in [5, 5.41) is 17.9. The molecule has 1 aliphatic carbocycles. The smallest absolute Gasteiger partial charge is 0.164 e. The first-order valence-corrected chi connectivity index (χ1v) is 16.5. The first-order valence-electron chi connectivity index (χ1n) is 15.6. The van der Waals surface area contributed by atoms with Crippen LogP contribution in [0.5, 0.6) is 0 Å². The van der Waals surface area contributed by atoms with Crippen LogP contribution < -0.4 is 5.43 Å². The van der Waals surface area contributed by atoms with E-state index in [0.29, 0.717) is 28.9 Å². The van der Waals surface area contributed by atoms with Gasteiger partial charge in [-0.3, -0.25) is 10.8 Å². The maximum absolute atomic E-state index is 8.70. The number of thiophene rings is 1. The third kappa shape index (κ3) is 4.94. The fraction of sp³-hybridized carbons (Fsp3) is 0. The van der Waals surface area contributed by atoms with Crippen molar-refractivity contribution in [1.82, 2.24) is 15.0 Å². The number of allylic oxidation sites excluding steroid dienone is 1. The monoisotopic (exact) mass is 634 g/mol. The van der Waals surface area contributed by atoms with E-state index in [1.807, 2.05) is 66.7 Å².